The Kier molecular flexibility index (Phi) is 5.29. The van der Waals surface area contributed by atoms with Crippen LogP contribution in [0.2, 0.25) is 5.02 Å². The third-order valence-electron chi connectivity index (χ3n) is 3.68. The molecule has 0 saturated heterocycles. The Morgan fingerprint density at radius 2 is 1.75 bits per heavy atom. The van der Waals surface area contributed by atoms with E-state index < -0.39 is 0 Å². The molecule has 0 bridgehead atoms. The minimum atomic E-state index is 0.492. The van der Waals surface area contributed by atoms with Crippen molar-refractivity contribution in [1.82, 2.24) is 9.97 Å². The number of anilines is 3. The molecule has 0 saturated carbocycles. The molecule has 0 unspecified atom stereocenters. The molecular weight excluding hydrogens is 320 g/mol. The van der Waals surface area contributed by atoms with Gasteiger partial charge in [-0.15, -0.1) is 0 Å². The van der Waals surface area contributed by atoms with Gasteiger partial charge in [0.25, 0.3) is 0 Å². The summed E-state index contributed by atoms with van der Waals surface area (Å²) in [6, 6.07) is 18.3. The van der Waals surface area contributed by atoms with Crippen molar-refractivity contribution >= 4 is 29.1 Å². The fourth-order valence-corrected chi connectivity index (χ4v) is 2.48. The number of aryl methyl sites for hydroxylation is 1. The molecule has 0 atom stereocenters. The number of hydrogen-bond acceptors (Lipinski definition) is 4. The molecule has 0 aliphatic carbocycles. The van der Waals surface area contributed by atoms with Gasteiger partial charge in [-0.2, -0.15) is 4.98 Å². The van der Waals surface area contributed by atoms with Crippen LogP contribution in [0.1, 0.15) is 11.1 Å². The van der Waals surface area contributed by atoms with E-state index in [4.69, 9.17) is 11.6 Å². The lowest BCUT2D eigenvalue weighted by Gasteiger charge is -2.11. The lowest BCUT2D eigenvalue weighted by Crippen LogP contribution is -2.09. The highest BCUT2D eigenvalue weighted by Gasteiger charge is 2.07. The number of aromatic nitrogens is 2. The predicted octanol–water partition coefficient (Wildman–Crippen LogP) is 4.84. The van der Waals surface area contributed by atoms with Crippen LogP contribution in [-0.4, -0.2) is 16.5 Å². The Hall–Kier alpha value is -2.59. The second-order valence-electron chi connectivity index (χ2n) is 5.49. The van der Waals surface area contributed by atoms with Crippen LogP contribution < -0.4 is 10.6 Å². The van der Waals surface area contributed by atoms with Gasteiger partial charge in [0.05, 0.1) is 6.20 Å². The van der Waals surface area contributed by atoms with Crippen LogP contribution in [0.15, 0.2) is 60.8 Å². The first-order valence-corrected chi connectivity index (χ1v) is 8.23. The fourth-order valence-electron chi connectivity index (χ4n) is 2.34. The van der Waals surface area contributed by atoms with E-state index in [1.807, 2.05) is 49.4 Å². The largest absolute Gasteiger partial charge is 0.354 e. The van der Waals surface area contributed by atoms with E-state index in [1.54, 1.807) is 6.20 Å². The van der Waals surface area contributed by atoms with E-state index in [0.29, 0.717) is 16.8 Å². The monoisotopic (exact) mass is 338 g/mol. The number of halogens is 1. The predicted molar refractivity (Wildman–Crippen MR) is 100 cm³/mol. The molecule has 3 aromatic rings. The van der Waals surface area contributed by atoms with Crippen molar-refractivity contribution in [1.29, 1.82) is 0 Å². The molecule has 122 valence electrons. The van der Waals surface area contributed by atoms with Gasteiger partial charge < -0.3 is 10.6 Å². The van der Waals surface area contributed by atoms with Gasteiger partial charge in [-0.25, -0.2) is 4.98 Å². The van der Waals surface area contributed by atoms with E-state index in [9.17, 15) is 0 Å². The molecule has 0 amide bonds. The number of benzene rings is 2. The van der Waals surface area contributed by atoms with Gasteiger partial charge in [-0.05, 0) is 30.5 Å². The highest BCUT2D eigenvalue weighted by molar-refractivity contribution is 6.32. The van der Waals surface area contributed by atoms with Gasteiger partial charge in [0.15, 0.2) is 5.82 Å². The summed E-state index contributed by atoms with van der Waals surface area (Å²) in [5.74, 6) is 1.16. The molecule has 2 N–H and O–H groups in total. The summed E-state index contributed by atoms with van der Waals surface area (Å²) in [5, 5.41) is 7.00. The zero-order chi connectivity index (χ0) is 16.8. The topological polar surface area (TPSA) is 49.8 Å². The Bertz CT molecular complexity index is 805. The summed E-state index contributed by atoms with van der Waals surface area (Å²) >= 11 is 6.21. The fraction of sp³-hybridized carbons (Fsp3) is 0.158. The van der Waals surface area contributed by atoms with Crippen molar-refractivity contribution in [2.45, 2.75) is 13.3 Å². The quantitative estimate of drug-likeness (QED) is 0.675. The minimum Gasteiger partial charge on any atom is -0.354 e. The Balaban J connectivity index is 1.66. The van der Waals surface area contributed by atoms with Crippen molar-refractivity contribution in [3.8, 4) is 0 Å². The maximum atomic E-state index is 6.21. The van der Waals surface area contributed by atoms with Crippen LogP contribution in [0.4, 0.5) is 17.5 Å². The van der Waals surface area contributed by atoms with Gasteiger partial charge in [0, 0.05) is 12.2 Å². The van der Waals surface area contributed by atoms with Crippen molar-refractivity contribution in [3.05, 3.63) is 76.9 Å². The molecule has 0 fully saturated rings. The van der Waals surface area contributed by atoms with Crippen molar-refractivity contribution in [3.63, 3.8) is 0 Å². The molecule has 0 aliphatic rings. The zero-order valence-electron chi connectivity index (χ0n) is 13.5. The van der Waals surface area contributed by atoms with Gasteiger partial charge in [0.2, 0.25) is 5.95 Å². The summed E-state index contributed by atoms with van der Waals surface area (Å²) in [6.45, 7) is 2.80. The molecular formula is C19H19ClN4. The normalized spacial score (nSPS) is 10.4. The third-order valence-corrected chi connectivity index (χ3v) is 3.96. The van der Waals surface area contributed by atoms with Crippen molar-refractivity contribution in [2.24, 2.45) is 0 Å². The molecule has 1 aromatic heterocycles. The molecule has 0 spiro atoms. The molecule has 24 heavy (non-hydrogen) atoms. The zero-order valence-corrected chi connectivity index (χ0v) is 14.2. The summed E-state index contributed by atoms with van der Waals surface area (Å²) in [7, 11) is 0. The second kappa shape index (κ2) is 7.79. The standard InChI is InChI=1S/C19H19ClN4/c1-14-7-5-6-10-17(14)23-18-16(20)13-22-19(24-18)21-12-11-15-8-3-2-4-9-15/h2-10,13H,11-12H2,1H3,(H2,21,22,23,24). The average molecular weight is 339 g/mol. The van der Waals surface area contributed by atoms with Crippen LogP contribution in [-0.2, 0) is 6.42 Å². The van der Waals surface area contributed by atoms with Crippen LogP contribution in [0.5, 0.6) is 0 Å². The number of para-hydroxylation sites is 1. The van der Waals surface area contributed by atoms with Gasteiger partial charge in [-0.1, -0.05) is 60.1 Å². The van der Waals surface area contributed by atoms with Crippen LogP contribution in [0, 0.1) is 6.92 Å². The lowest BCUT2D eigenvalue weighted by molar-refractivity contribution is 0.985. The summed E-state index contributed by atoms with van der Waals surface area (Å²) < 4.78 is 0. The Labute approximate surface area is 146 Å². The first-order valence-electron chi connectivity index (χ1n) is 7.85. The summed E-state index contributed by atoms with van der Waals surface area (Å²) in [4.78, 5) is 8.71. The number of nitrogens with zero attached hydrogens (tertiary/aromatic N) is 2. The molecule has 3 rings (SSSR count). The van der Waals surface area contributed by atoms with E-state index >= 15 is 0 Å². The SMILES string of the molecule is Cc1ccccc1Nc1nc(NCCc2ccccc2)ncc1Cl. The molecule has 0 aliphatic heterocycles. The number of nitrogens with one attached hydrogen (secondary N) is 2. The maximum Gasteiger partial charge on any atom is 0.224 e. The van der Waals surface area contributed by atoms with E-state index in [0.717, 1.165) is 24.2 Å². The second-order valence-corrected chi connectivity index (χ2v) is 5.90. The Morgan fingerprint density at radius 1 is 1.00 bits per heavy atom. The van der Waals surface area contributed by atoms with Crippen LogP contribution in [0.3, 0.4) is 0 Å². The molecule has 4 nitrogen and oxygen atoms in total. The summed E-state index contributed by atoms with van der Waals surface area (Å²) in [6.07, 6.45) is 2.52. The van der Waals surface area contributed by atoms with Crippen LogP contribution in [0.25, 0.3) is 0 Å². The smallest absolute Gasteiger partial charge is 0.224 e. The average Bonchev–Trinajstić information content (AvgIpc) is 2.60. The number of rotatable bonds is 6. The van der Waals surface area contributed by atoms with Crippen molar-refractivity contribution in [2.75, 3.05) is 17.2 Å². The van der Waals surface area contributed by atoms with Gasteiger partial charge in [0.1, 0.15) is 5.02 Å². The highest BCUT2D eigenvalue weighted by Crippen LogP contribution is 2.25. The molecule has 1 heterocycles. The van der Waals surface area contributed by atoms with Gasteiger partial charge in [-0.3, -0.25) is 0 Å². The Morgan fingerprint density at radius 3 is 2.54 bits per heavy atom. The van der Waals surface area contributed by atoms with Crippen LogP contribution >= 0.6 is 11.6 Å². The van der Waals surface area contributed by atoms with E-state index in [1.165, 1.54) is 5.56 Å². The number of hydrogen-bond donors (Lipinski definition) is 2. The third kappa shape index (κ3) is 4.24. The minimum absolute atomic E-state index is 0.492. The molecule has 2 aromatic carbocycles. The first-order chi connectivity index (χ1) is 11.7. The maximum absolute atomic E-state index is 6.21. The molecule has 0 radical (unpaired) electrons. The summed E-state index contributed by atoms with van der Waals surface area (Å²) in [5.41, 5.74) is 3.39. The van der Waals surface area contributed by atoms with Crippen molar-refractivity contribution < 1.29 is 0 Å². The molecule has 5 heteroatoms. The highest BCUT2D eigenvalue weighted by atomic mass is 35.5. The lowest BCUT2D eigenvalue weighted by atomic mass is 10.1. The van der Waals surface area contributed by atoms with E-state index in [2.05, 4.69) is 32.7 Å². The van der Waals surface area contributed by atoms with Gasteiger partial charge >= 0.3 is 0 Å². The first kappa shape index (κ1) is 16.3. The van der Waals surface area contributed by atoms with E-state index in [-0.39, 0.29) is 0 Å².